The molecule has 20 heavy (non-hydrogen) atoms. The SMILES string of the molecule is Cc1cccc2cc(C(N)c3cc(F)ccc3F)oc12. The first-order valence-electron chi connectivity index (χ1n) is 6.26. The number of furan rings is 1. The van der Waals surface area contributed by atoms with Gasteiger partial charge in [-0.2, -0.15) is 0 Å². The van der Waals surface area contributed by atoms with Gasteiger partial charge < -0.3 is 10.2 Å². The second kappa shape index (κ2) is 4.72. The van der Waals surface area contributed by atoms with Crippen molar-refractivity contribution in [2.24, 2.45) is 5.73 Å². The van der Waals surface area contributed by atoms with E-state index in [9.17, 15) is 8.78 Å². The van der Waals surface area contributed by atoms with Crippen LogP contribution in [0, 0.1) is 18.6 Å². The molecule has 2 N–H and O–H groups in total. The molecule has 0 spiro atoms. The minimum absolute atomic E-state index is 0.0849. The first-order chi connectivity index (χ1) is 9.56. The predicted molar refractivity (Wildman–Crippen MR) is 73.3 cm³/mol. The van der Waals surface area contributed by atoms with Gasteiger partial charge in [-0.1, -0.05) is 18.2 Å². The van der Waals surface area contributed by atoms with Crippen molar-refractivity contribution in [1.29, 1.82) is 0 Å². The van der Waals surface area contributed by atoms with Crippen molar-refractivity contribution < 1.29 is 13.2 Å². The standard InChI is InChI=1S/C16H13F2NO/c1-9-3-2-4-10-7-14(20-16(9)10)15(19)12-8-11(17)5-6-13(12)18/h2-8,15H,19H2,1H3. The molecule has 0 amide bonds. The van der Waals surface area contributed by atoms with Crippen LogP contribution >= 0.6 is 0 Å². The molecule has 0 aliphatic rings. The van der Waals surface area contributed by atoms with Gasteiger partial charge in [0, 0.05) is 10.9 Å². The van der Waals surface area contributed by atoms with Crippen molar-refractivity contribution >= 4 is 11.0 Å². The fourth-order valence-electron chi connectivity index (χ4n) is 2.29. The summed E-state index contributed by atoms with van der Waals surface area (Å²) in [5, 5.41) is 0.896. The third-order valence-electron chi connectivity index (χ3n) is 3.36. The minimum Gasteiger partial charge on any atom is -0.459 e. The summed E-state index contributed by atoms with van der Waals surface area (Å²) in [7, 11) is 0. The Balaban J connectivity index is 2.10. The van der Waals surface area contributed by atoms with E-state index in [2.05, 4.69) is 0 Å². The number of para-hydroxylation sites is 1. The van der Waals surface area contributed by atoms with Crippen molar-refractivity contribution in [2.45, 2.75) is 13.0 Å². The molecule has 0 saturated heterocycles. The topological polar surface area (TPSA) is 39.2 Å². The maximum absolute atomic E-state index is 13.8. The smallest absolute Gasteiger partial charge is 0.137 e. The van der Waals surface area contributed by atoms with E-state index in [1.807, 2.05) is 25.1 Å². The summed E-state index contributed by atoms with van der Waals surface area (Å²) in [6.45, 7) is 1.92. The summed E-state index contributed by atoms with van der Waals surface area (Å²) < 4.78 is 32.7. The lowest BCUT2D eigenvalue weighted by atomic mass is 10.0. The molecule has 1 aromatic heterocycles. The van der Waals surface area contributed by atoms with Crippen LogP contribution in [-0.2, 0) is 0 Å². The summed E-state index contributed by atoms with van der Waals surface area (Å²) in [5.74, 6) is -0.654. The molecule has 0 fully saturated rings. The first-order valence-corrected chi connectivity index (χ1v) is 6.26. The summed E-state index contributed by atoms with van der Waals surface area (Å²) >= 11 is 0. The summed E-state index contributed by atoms with van der Waals surface area (Å²) in [6, 6.07) is 9.88. The first kappa shape index (κ1) is 12.8. The molecule has 4 heteroatoms. The Kier molecular flexibility index (Phi) is 3.03. The predicted octanol–water partition coefficient (Wildman–Crippen LogP) is 4.07. The zero-order chi connectivity index (χ0) is 14.3. The van der Waals surface area contributed by atoms with Gasteiger partial charge in [0.15, 0.2) is 0 Å². The van der Waals surface area contributed by atoms with Gasteiger partial charge in [0.2, 0.25) is 0 Å². The number of hydrogen-bond donors (Lipinski definition) is 1. The highest BCUT2D eigenvalue weighted by Gasteiger charge is 2.19. The number of benzene rings is 2. The molecule has 1 atom stereocenters. The van der Waals surface area contributed by atoms with Gasteiger partial charge in [0.05, 0.1) is 6.04 Å². The second-order valence-electron chi connectivity index (χ2n) is 4.79. The van der Waals surface area contributed by atoms with E-state index < -0.39 is 17.7 Å². The van der Waals surface area contributed by atoms with Crippen molar-refractivity contribution in [3.63, 3.8) is 0 Å². The number of aryl methyl sites for hydroxylation is 1. The molecule has 3 aromatic rings. The number of nitrogens with two attached hydrogens (primary N) is 1. The molecule has 0 aliphatic carbocycles. The highest BCUT2D eigenvalue weighted by molar-refractivity contribution is 5.81. The molecule has 0 aliphatic heterocycles. The highest BCUT2D eigenvalue weighted by Crippen LogP contribution is 2.29. The van der Waals surface area contributed by atoms with Gasteiger partial charge >= 0.3 is 0 Å². The van der Waals surface area contributed by atoms with E-state index in [0.29, 0.717) is 5.76 Å². The summed E-state index contributed by atoms with van der Waals surface area (Å²) in [4.78, 5) is 0. The number of fused-ring (bicyclic) bond motifs is 1. The van der Waals surface area contributed by atoms with E-state index in [1.54, 1.807) is 6.07 Å². The van der Waals surface area contributed by atoms with E-state index in [1.165, 1.54) is 0 Å². The lowest BCUT2D eigenvalue weighted by molar-refractivity contribution is 0.505. The van der Waals surface area contributed by atoms with Crippen LogP contribution in [-0.4, -0.2) is 0 Å². The molecule has 0 saturated carbocycles. The zero-order valence-electron chi connectivity index (χ0n) is 10.9. The summed E-state index contributed by atoms with van der Waals surface area (Å²) in [6.07, 6.45) is 0. The fraction of sp³-hybridized carbons (Fsp3) is 0.125. The van der Waals surface area contributed by atoms with Crippen LogP contribution < -0.4 is 5.73 Å². The molecule has 3 rings (SSSR count). The number of halogens is 2. The Labute approximate surface area is 114 Å². The van der Waals surface area contributed by atoms with Crippen molar-refractivity contribution in [1.82, 2.24) is 0 Å². The van der Waals surface area contributed by atoms with Crippen LogP contribution in [0.2, 0.25) is 0 Å². The number of hydrogen-bond acceptors (Lipinski definition) is 2. The van der Waals surface area contributed by atoms with E-state index in [-0.39, 0.29) is 5.56 Å². The Hall–Kier alpha value is -2.20. The Morgan fingerprint density at radius 3 is 2.65 bits per heavy atom. The second-order valence-corrected chi connectivity index (χ2v) is 4.79. The molecule has 0 radical (unpaired) electrons. The normalized spacial score (nSPS) is 12.8. The molecule has 0 bridgehead atoms. The van der Waals surface area contributed by atoms with Gasteiger partial charge in [-0.05, 0) is 36.8 Å². The van der Waals surface area contributed by atoms with Gasteiger partial charge in [-0.25, -0.2) is 8.78 Å². The van der Waals surface area contributed by atoms with Gasteiger partial charge in [0.1, 0.15) is 23.0 Å². The molecule has 1 heterocycles. The summed E-state index contributed by atoms with van der Waals surface area (Å²) in [5.41, 5.74) is 7.77. The third kappa shape index (κ3) is 2.08. The van der Waals surface area contributed by atoms with Crippen LogP contribution in [0.5, 0.6) is 0 Å². The monoisotopic (exact) mass is 273 g/mol. The van der Waals surface area contributed by atoms with Gasteiger partial charge in [-0.3, -0.25) is 0 Å². The van der Waals surface area contributed by atoms with Crippen LogP contribution in [0.4, 0.5) is 8.78 Å². The molecule has 2 aromatic carbocycles. The largest absolute Gasteiger partial charge is 0.459 e. The zero-order valence-corrected chi connectivity index (χ0v) is 10.9. The van der Waals surface area contributed by atoms with E-state index >= 15 is 0 Å². The Bertz CT molecular complexity index is 779. The molecular weight excluding hydrogens is 260 g/mol. The van der Waals surface area contributed by atoms with E-state index in [4.69, 9.17) is 10.2 Å². The molecular formula is C16H13F2NO. The molecule has 1 unspecified atom stereocenters. The minimum atomic E-state index is -0.836. The maximum atomic E-state index is 13.8. The van der Waals surface area contributed by atoms with Gasteiger partial charge in [0.25, 0.3) is 0 Å². The quantitative estimate of drug-likeness (QED) is 0.764. The van der Waals surface area contributed by atoms with E-state index in [0.717, 1.165) is 34.7 Å². The fourth-order valence-corrected chi connectivity index (χ4v) is 2.29. The molecule has 102 valence electrons. The van der Waals surface area contributed by atoms with Crippen molar-refractivity contribution in [3.8, 4) is 0 Å². The lowest BCUT2D eigenvalue weighted by Crippen LogP contribution is -2.13. The van der Waals surface area contributed by atoms with Gasteiger partial charge in [-0.15, -0.1) is 0 Å². The average molecular weight is 273 g/mol. The van der Waals surface area contributed by atoms with Crippen LogP contribution in [0.25, 0.3) is 11.0 Å². The average Bonchev–Trinajstić information content (AvgIpc) is 2.86. The lowest BCUT2D eigenvalue weighted by Gasteiger charge is -2.10. The highest BCUT2D eigenvalue weighted by atomic mass is 19.1. The molecule has 2 nitrogen and oxygen atoms in total. The maximum Gasteiger partial charge on any atom is 0.137 e. The van der Waals surface area contributed by atoms with Crippen molar-refractivity contribution in [3.05, 3.63) is 71.0 Å². The number of rotatable bonds is 2. The Morgan fingerprint density at radius 2 is 1.90 bits per heavy atom. The Morgan fingerprint density at radius 1 is 1.10 bits per heavy atom. The third-order valence-corrected chi connectivity index (χ3v) is 3.36. The van der Waals surface area contributed by atoms with Crippen LogP contribution in [0.15, 0.2) is 46.9 Å². The van der Waals surface area contributed by atoms with Crippen LogP contribution in [0.1, 0.15) is 22.9 Å². The van der Waals surface area contributed by atoms with Crippen molar-refractivity contribution in [2.75, 3.05) is 0 Å². The van der Waals surface area contributed by atoms with Crippen LogP contribution in [0.3, 0.4) is 0 Å².